The van der Waals surface area contributed by atoms with Gasteiger partial charge in [-0.25, -0.2) is 4.98 Å². The normalized spacial score (nSPS) is 18.1. The Morgan fingerprint density at radius 2 is 2.36 bits per heavy atom. The molecule has 0 saturated carbocycles. The molecule has 0 bridgehead atoms. The zero-order chi connectivity index (χ0) is 15.5. The Morgan fingerprint density at radius 3 is 3.09 bits per heavy atom. The molecule has 1 saturated heterocycles. The summed E-state index contributed by atoms with van der Waals surface area (Å²) in [6.45, 7) is -1.38. The van der Waals surface area contributed by atoms with E-state index in [0.29, 0.717) is 6.54 Å². The molecule has 3 rings (SSSR count). The number of halogens is 2. The van der Waals surface area contributed by atoms with E-state index in [-0.39, 0.29) is 5.71 Å². The Morgan fingerprint density at radius 1 is 1.50 bits per heavy atom. The summed E-state index contributed by atoms with van der Waals surface area (Å²) in [5.41, 5.74) is 2.08. The summed E-state index contributed by atoms with van der Waals surface area (Å²) in [5.74, 6) is 0.855. The first-order valence-electron chi connectivity index (χ1n) is 6.90. The van der Waals surface area contributed by atoms with Crippen LogP contribution in [0.1, 0.15) is 17.8 Å². The smallest absolute Gasteiger partial charge is 0.312 e. The van der Waals surface area contributed by atoms with Crippen molar-refractivity contribution < 1.29 is 8.78 Å². The van der Waals surface area contributed by atoms with E-state index in [9.17, 15) is 8.78 Å². The van der Waals surface area contributed by atoms with E-state index in [2.05, 4.69) is 14.9 Å². The lowest BCUT2D eigenvalue weighted by atomic mass is 10.0. The molecule has 22 heavy (non-hydrogen) atoms. The number of alkyl halides is 2. The van der Waals surface area contributed by atoms with E-state index >= 15 is 0 Å². The molecule has 3 heterocycles. The Kier molecular flexibility index (Phi) is 4.28. The van der Waals surface area contributed by atoms with Gasteiger partial charge in [-0.05, 0) is 18.9 Å². The van der Waals surface area contributed by atoms with Crippen LogP contribution in [0.2, 0.25) is 0 Å². The third-order valence-electron chi connectivity index (χ3n) is 3.53. The SMILES string of the molecule is N=C(/C=C\NC(F)F)C1=C2CCCN2C(c2nccs2)=NC1. The van der Waals surface area contributed by atoms with Gasteiger partial charge in [0.1, 0.15) is 0 Å². The number of aromatic nitrogens is 1. The first kappa shape index (κ1) is 14.8. The van der Waals surface area contributed by atoms with Gasteiger partial charge in [0.05, 0.1) is 12.3 Å². The fourth-order valence-electron chi connectivity index (χ4n) is 2.61. The molecule has 1 aromatic rings. The highest BCUT2D eigenvalue weighted by molar-refractivity contribution is 7.11. The maximum atomic E-state index is 12.1. The molecule has 2 aliphatic rings. The van der Waals surface area contributed by atoms with Crippen LogP contribution in [-0.2, 0) is 0 Å². The highest BCUT2D eigenvalue weighted by atomic mass is 32.1. The van der Waals surface area contributed by atoms with Crippen LogP contribution in [-0.4, -0.2) is 41.1 Å². The number of hydrogen-bond donors (Lipinski definition) is 2. The van der Waals surface area contributed by atoms with Crippen LogP contribution < -0.4 is 5.32 Å². The number of thiazole rings is 1. The summed E-state index contributed by atoms with van der Waals surface area (Å²) < 4.78 is 24.1. The van der Waals surface area contributed by atoms with Crippen molar-refractivity contribution in [2.45, 2.75) is 19.4 Å². The van der Waals surface area contributed by atoms with Crippen molar-refractivity contribution in [3.05, 3.63) is 40.1 Å². The summed E-state index contributed by atoms with van der Waals surface area (Å²) >= 11 is 1.54. The van der Waals surface area contributed by atoms with E-state index in [0.717, 1.165) is 47.7 Å². The number of rotatable bonds is 5. The maximum Gasteiger partial charge on any atom is 0.312 e. The van der Waals surface area contributed by atoms with Crippen molar-refractivity contribution >= 4 is 22.9 Å². The lowest BCUT2D eigenvalue weighted by Gasteiger charge is -2.27. The average molecular weight is 323 g/mol. The number of nitrogens with zero attached hydrogens (tertiary/aromatic N) is 3. The molecular formula is C14H15F2N5S. The fourth-order valence-corrected chi connectivity index (χ4v) is 3.27. The summed E-state index contributed by atoms with van der Waals surface area (Å²) in [5, 5.41) is 12.7. The third-order valence-corrected chi connectivity index (χ3v) is 4.30. The van der Waals surface area contributed by atoms with Crippen LogP contribution in [0.25, 0.3) is 0 Å². The van der Waals surface area contributed by atoms with Crippen LogP contribution in [0, 0.1) is 5.41 Å². The van der Waals surface area contributed by atoms with E-state index in [1.165, 1.54) is 17.4 Å². The number of hydrogen-bond acceptors (Lipinski definition) is 6. The quantitative estimate of drug-likeness (QED) is 0.647. The van der Waals surface area contributed by atoms with Crippen molar-refractivity contribution in [2.75, 3.05) is 13.1 Å². The monoisotopic (exact) mass is 323 g/mol. The van der Waals surface area contributed by atoms with E-state index in [4.69, 9.17) is 5.41 Å². The molecule has 8 heteroatoms. The van der Waals surface area contributed by atoms with Gasteiger partial charge in [-0.15, -0.1) is 11.3 Å². The molecule has 1 aromatic heterocycles. The average Bonchev–Trinajstić information content (AvgIpc) is 3.17. The van der Waals surface area contributed by atoms with Gasteiger partial charge in [-0.3, -0.25) is 4.99 Å². The van der Waals surface area contributed by atoms with E-state index in [1.54, 1.807) is 6.20 Å². The molecule has 5 nitrogen and oxygen atoms in total. The minimum Gasteiger partial charge on any atom is -0.336 e. The van der Waals surface area contributed by atoms with Crippen LogP contribution in [0.3, 0.4) is 0 Å². The Bertz CT molecular complexity index is 648. The fraction of sp³-hybridized carbons (Fsp3) is 0.357. The molecule has 0 aromatic carbocycles. The van der Waals surface area contributed by atoms with Crippen molar-refractivity contribution in [1.29, 1.82) is 5.41 Å². The van der Waals surface area contributed by atoms with Gasteiger partial charge in [0.2, 0.25) is 0 Å². The van der Waals surface area contributed by atoms with Gasteiger partial charge in [0.15, 0.2) is 10.8 Å². The van der Waals surface area contributed by atoms with Crippen molar-refractivity contribution in [3.63, 3.8) is 0 Å². The molecule has 1 fully saturated rings. The van der Waals surface area contributed by atoms with Crippen molar-refractivity contribution in [3.8, 4) is 0 Å². The van der Waals surface area contributed by atoms with Crippen molar-refractivity contribution in [2.24, 2.45) is 4.99 Å². The molecule has 0 unspecified atom stereocenters. The zero-order valence-corrected chi connectivity index (χ0v) is 12.5. The molecule has 0 radical (unpaired) electrons. The first-order chi connectivity index (χ1) is 10.7. The second-order valence-electron chi connectivity index (χ2n) is 4.87. The molecule has 116 valence electrons. The summed E-state index contributed by atoms with van der Waals surface area (Å²) in [7, 11) is 0. The second kappa shape index (κ2) is 6.35. The minimum atomic E-state index is -2.62. The standard InChI is InChI=1S/C14H15F2N5S/c15-14(16)19-4-3-10(17)9-8-20-12(13-18-5-7-22-13)21-6-1-2-11(9)21/h3-5,7,14,17,19H,1-2,6,8H2/b4-3-,17-10?. The summed E-state index contributed by atoms with van der Waals surface area (Å²) in [4.78, 5) is 10.9. The number of fused-ring (bicyclic) bond motifs is 1. The Hall–Kier alpha value is -2.09. The first-order valence-corrected chi connectivity index (χ1v) is 7.78. The molecular weight excluding hydrogens is 308 g/mol. The number of allylic oxidation sites excluding steroid dienone is 2. The number of nitrogens with one attached hydrogen (secondary N) is 2. The molecule has 0 spiro atoms. The Balaban J connectivity index is 1.81. The van der Waals surface area contributed by atoms with Gasteiger partial charge in [0, 0.05) is 35.6 Å². The molecule has 0 atom stereocenters. The van der Waals surface area contributed by atoms with Crippen LogP contribution in [0.4, 0.5) is 8.78 Å². The lowest BCUT2D eigenvalue weighted by Crippen LogP contribution is -2.33. The van der Waals surface area contributed by atoms with Crippen LogP contribution >= 0.6 is 11.3 Å². The topological polar surface area (TPSA) is 64.4 Å². The van der Waals surface area contributed by atoms with Gasteiger partial charge < -0.3 is 15.6 Å². The maximum absolute atomic E-state index is 12.1. The van der Waals surface area contributed by atoms with Gasteiger partial charge >= 0.3 is 6.55 Å². The highest BCUT2D eigenvalue weighted by Crippen LogP contribution is 2.31. The number of aliphatic imine (C=N–C) groups is 1. The Labute approximate surface area is 130 Å². The molecule has 2 aliphatic heterocycles. The summed E-state index contributed by atoms with van der Waals surface area (Å²) in [6.07, 6.45) is 6.08. The predicted octanol–water partition coefficient (Wildman–Crippen LogP) is 2.60. The summed E-state index contributed by atoms with van der Waals surface area (Å²) in [6, 6.07) is 0. The zero-order valence-electron chi connectivity index (χ0n) is 11.7. The molecule has 2 N–H and O–H groups in total. The highest BCUT2D eigenvalue weighted by Gasteiger charge is 2.30. The van der Waals surface area contributed by atoms with Crippen LogP contribution in [0.5, 0.6) is 0 Å². The number of amidine groups is 1. The van der Waals surface area contributed by atoms with E-state index in [1.807, 2.05) is 10.7 Å². The second-order valence-corrected chi connectivity index (χ2v) is 5.77. The van der Waals surface area contributed by atoms with E-state index < -0.39 is 6.55 Å². The van der Waals surface area contributed by atoms with Gasteiger partial charge in [-0.1, -0.05) is 0 Å². The molecule has 0 amide bonds. The third kappa shape index (κ3) is 2.92. The van der Waals surface area contributed by atoms with Gasteiger partial charge in [0.25, 0.3) is 0 Å². The van der Waals surface area contributed by atoms with Gasteiger partial charge in [-0.2, -0.15) is 8.78 Å². The molecule has 0 aliphatic carbocycles. The van der Waals surface area contributed by atoms with Crippen molar-refractivity contribution in [1.82, 2.24) is 15.2 Å². The minimum absolute atomic E-state index is 0.219. The lowest BCUT2D eigenvalue weighted by molar-refractivity contribution is 0.125. The van der Waals surface area contributed by atoms with Crippen LogP contribution in [0.15, 0.2) is 40.1 Å². The largest absolute Gasteiger partial charge is 0.336 e. The predicted molar refractivity (Wildman–Crippen MR) is 82.5 cm³/mol.